The topological polar surface area (TPSA) is 78.3 Å². The van der Waals surface area contributed by atoms with Crippen LogP contribution in [0.3, 0.4) is 0 Å². The number of carbonyl (C=O) groups excluding carboxylic acids is 1. The number of aliphatic hydroxyl groups is 1. The minimum Gasteiger partial charge on any atom is -0.466 e. The normalized spacial score (nSPS) is 16.4. The molecule has 5 heteroatoms. The predicted octanol–water partition coefficient (Wildman–Crippen LogP) is 3.28. The van der Waals surface area contributed by atoms with Gasteiger partial charge in [-0.1, -0.05) is 0 Å². The van der Waals surface area contributed by atoms with Gasteiger partial charge in [0.15, 0.2) is 0 Å². The van der Waals surface area contributed by atoms with Gasteiger partial charge in [-0.05, 0) is 68.5 Å². The summed E-state index contributed by atoms with van der Waals surface area (Å²) in [6.45, 7) is 1.71. The molecule has 3 N–H and O–H groups in total. The van der Waals surface area contributed by atoms with Gasteiger partial charge in [0, 0.05) is 22.2 Å². The van der Waals surface area contributed by atoms with Crippen LogP contribution in [0.15, 0.2) is 41.0 Å². The molecule has 0 aliphatic heterocycles. The van der Waals surface area contributed by atoms with E-state index in [1.54, 1.807) is 19.1 Å². The number of rotatable bonds is 4. The van der Waals surface area contributed by atoms with Crippen LogP contribution < -0.4 is 5.32 Å². The summed E-state index contributed by atoms with van der Waals surface area (Å²) in [6.07, 6.45) is 6.07. The summed E-state index contributed by atoms with van der Waals surface area (Å²) in [5, 5.41) is 14.4. The number of aromatic amines is 1. The molecule has 1 aliphatic rings. The van der Waals surface area contributed by atoms with Crippen molar-refractivity contribution in [3.63, 3.8) is 0 Å². The summed E-state index contributed by atoms with van der Waals surface area (Å²) in [6, 6.07) is 9.15. The molecule has 2 heterocycles. The minimum absolute atomic E-state index is 0.0859. The second-order valence-electron chi connectivity index (χ2n) is 6.98. The number of amides is 1. The maximum Gasteiger partial charge on any atom is 0.251 e. The SMILES string of the molecule is CC(O)(CNC(=O)c1ccc2[nH]c3c(c2c1)CCCC3)c1ccco1. The fourth-order valence-electron chi connectivity index (χ4n) is 3.57. The van der Waals surface area contributed by atoms with Crippen LogP contribution in [0.5, 0.6) is 0 Å². The molecule has 4 rings (SSSR count). The number of aromatic nitrogens is 1. The third kappa shape index (κ3) is 2.96. The summed E-state index contributed by atoms with van der Waals surface area (Å²) in [4.78, 5) is 16.0. The summed E-state index contributed by atoms with van der Waals surface area (Å²) >= 11 is 0. The summed E-state index contributed by atoms with van der Waals surface area (Å²) in [5.74, 6) is 0.238. The average molecular weight is 338 g/mol. The second kappa shape index (κ2) is 6.08. The van der Waals surface area contributed by atoms with Crippen LogP contribution in [0.2, 0.25) is 0 Å². The molecule has 0 fully saturated rings. The zero-order chi connectivity index (χ0) is 17.4. The fraction of sp³-hybridized carbons (Fsp3) is 0.350. The van der Waals surface area contributed by atoms with Crippen molar-refractivity contribution in [3.8, 4) is 0 Å². The van der Waals surface area contributed by atoms with Gasteiger partial charge in [-0.15, -0.1) is 0 Å². The lowest BCUT2D eigenvalue weighted by molar-refractivity contribution is 0.0330. The zero-order valence-corrected chi connectivity index (χ0v) is 14.3. The van der Waals surface area contributed by atoms with Crippen molar-refractivity contribution < 1.29 is 14.3 Å². The average Bonchev–Trinajstić information content (AvgIpc) is 3.27. The van der Waals surface area contributed by atoms with E-state index in [0.717, 1.165) is 23.7 Å². The summed E-state index contributed by atoms with van der Waals surface area (Å²) in [7, 11) is 0. The number of fused-ring (bicyclic) bond motifs is 3. The molecule has 1 aliphatic carbocycles. The van der Waals surface area contributed by atoms with Gasteiger partial charge in [0.1, 0.15) is 11.4 Å². The molecule has 0 saturated carbocycles. The van der Waals surface area contributed by atoms with E-state index in [1.807, 2.05) is 18.2 Å². The number of hydrogen-bond acceptors (Lipinski definition) is 3. The minimum atomic E-state index is -1.24. The maximum atomic E-state index is 12.5. The highest BCUT2D eigenvalue weighted by Crippen LogP contribution is 2.29. The van der Waals surface area contributed by atoms with Crippen molar-refractivity contribution in [2.24, 2.45) is 0 Å². The van der Waals surface area contributed by atoms with E-state index in [2.05, 4.69) is 10.3 Å². The van der Waals surface area contributed by atoms with Gasteiger partial charge in [-0.2, -0.15) is 0 Å². The number of nitrogens with one attached hydrogen (secondary N) is 2. The first-order valence-electron chi connectivity index (χ1n) is 8.73. The third-order valence-corrected chi connectivity index (χ3v) is 5.01. The van der Waals surface area contributed by atoms with Gasteiger partial charge in [-0.3, -0.25) is 4.79 Å². The Morgan fingerprint density at radius 3 is 2.96 bits per heavy atom. The standard InChI is InChI=1S/C20H22N2O3/c1-20(24,18-7-4-10-25-18)12-21-19(23)13-8-9-17-15(11-13)14-5-2-3-6-16(14)22-17/h4,7-11,22,24H,2-3,5-6,12H2,1H3,(H,21,23). The molecule has 3 aromatic rings. The lowest BCUT2D eigenvalue weighted by Gasteiger charge is -2.21. The molecule has 1 aromatic carbocycles. The fourth-order valence-corrected chi connectivity index (χ4v) is 3.57. The van der Waals surface area contributed by atoms with E-state index in [0.29, 0.717) is 11.3 Å². The van der Waals surface area contributed by atoms with Crippen molar-refractivity contribution in [1.29, 1.82) is 0 Å². The highest BCUT2D eigenvalue weighted by atomic mass is 16.4. The first-order chi connectivity index (χ1) is 12.0. The van der Waals surface area contributed by atoms with Crippen molar-refractivity contribution in [2.45, 2.75) is 38.2 Å². The Balaban J connectivity index is 1.54. The smallest absolute Gasteiger partial charge is 0.251 e. The Morgan fingerprint density at radius 1 is 1.32 bits per heavy atom. The Bertz CT molecular complexity index is 907. The molecule has 25 heavy (non-hydrogen) atoms. The van der Waals surface area contributed by atoms with Gasteiger partial charge < -0.3 is 19.8 Å². The monoisotopic (exact) mass is 338 g/mol. The van der Waals surface area contributed by atoms with Crippen LogP contribution in [-0.4, -0.2) is 22.5 Å². The summed E-state index contributed by atoms with van der Waals surface area (Å²) < 4.78 is 5.24. The van der Waals surface area contributed by atoms with Gasteiger partial charge in [0.25, 0.3) is 5.91 Å². The van der Waals surface area contributed by atoms with Crippen LogP contribution >= 0.6 is 0 Å². The van der Waals surface area contributed by atoms with E-state index < -0.39 is 5.60 Å². The van der Waals surface area contributed by atoms with E-state index in [4.69, 9.17) is 4.42 Å². The molecule has 0 bridgehead atoms. The number of hydrogen-bond donors (Lipinski definition) is 3. The highest BCUT2D eigenvalue weighted by Gasteiger charge is 2.27. The Labute approximate surface area is 146 Å². The van der Waals surface area contributed by atoms with Crippen LogP contribution in [0.1, 0.15) is 47.1 Å². The summed E-state index contributed by atoms with van der Waals surface area (Å²) in [5.41, 5.74) is 3.11. The molecule has 2 aromatic heterocycles. The zero-order valence-electron chi connectivity index (χ0n) is 14.3. The van der Waals surface area contributed by atoms with E-state index in [9.17, 15) is 9.90 Å². The highest BCUT2D eigenvalue weighted by molar-refractivity contribution is 5.99. The van der Waals surface area contributed by atoms with Gasteiger partial charge in [-0.25, -0.2) is 0 Å². The Morgan fingerprint density at radius 2 is 2.16 bits per heavy atom. The van der Waals surface area contributed by atoms with E-state index in [1.165, 1.54) is 30.4 Å². The van der Waals surface area contributed by atoms with Crippen LogP contribution in [-0.2, 0) is 18.4 Å². The number of carbonyl (C=O) groups is 1. The van der Waals surface area contributed by atoms with Gasteiger partial charge in [0.2, 0.25) is 0 Å². The van der Waals surface area contributed by atoms with Crippen LogP contribution in [0.25, 0.3) is 10.9 Å². The first-order valence-corrected chi connectivity index (χ1v) is 8.73. The maximum absolute atomic E-state index is 12.5. The first kappa shape index (κ1) is 16.0. The Kier molecular flexibility index (Phi) is 3.88. The molecular weight excluding hydrogens is 316 g/mol. The molecule has 1 amide bonds. The quantitative estimate of drug-likeness (QED) is 0.683. The third-order valence-electron chi connectivity index (χ3n) is 5.01. The Hall–Kier alpha value is -2.53. The molecule has 1 atom stereocenters. The molecule has 130 valence electrons. The van der Waals surface area contributed by atoms with Crippen LogP contribution in [0, 0.1) is 0 Å². The lowest BCUT2D eigenvalue weighted by Crippen LogP contribution is -2.38. The molecule has 1 unspecified atom stereocenters. The van der Waals surface area contributed by atoms with Crippen molar-refractivity contribution in [2.75, 3.05) is 6.54 Å². The van der Waals surface area contributed by atoms with Crippen molar-refractivity contribution in [3.05, 3.63) is 59.2 Å². The van der Waals surface area contributed by atoms with Crippen molar-refractivity contribution in [1.82, 2.24) is 10.3 Å². The number of aryl methyl sites for hydroxylation is 2. The lowest BCUT2D eigenvalue weighted by atomic mass is 9.95. The largest absolute Gasteiger partial charge is 0.466 e. The molecule has 0 radical (unpaired) electrons. The molecular formula is C20H22N2O3. The predicted molar refractivity (Wildman–Crippen MR) is 95.6 cm³/mol. The van der Waals surface area contributed by atoms with Crippen molar-refractivity contribution >= 4 is 16.8 Å². The second-order valence-corrected chi connectivity index (χ2v) is 6.98. The van der Waals surface area contributed by atoms with E-state index in [-0.39, 0.29) is 12.5 Å². The van der Waals surface area contributed by atoms with E-state index >= 15 is 0 Å². The van der Waals surface area contributed by atoms with Gasteiger partial charge in [0.05, 0.1) is 12.8 Å². The number of H-pyrrole nitrogens is 1. The van der Waals surface area contributed by atoms with Gasteiger partial charge >= 0.3 is 0 Å². The molecule has 0 spiro atoms. The number of furan rings is 1. The molecule has 5 nitrogen and oxygen atoms in total. The number of benzene rings is 1. The van der Waals surface area contributed by atoms with Crippen LogP contribution in [0.4, 0.5) is 0 Å². The molecule has 0 saturated heterocycles.